The summed E-state index contributed by atoms with van der Waals surface area (Å²) in [5.74, 6) is -1.17. The van der Waals surface area contributed by atoms with Gasteiger partial charge in [0.1, 0.15) is 0 Å². The third-order valence-electron chi connectivity index (χ3n) is 4.05. The van der Waals surface area contributed by atoms with Crippen LogP contribution in [-0.2, 0) is 4.79 Å². The minimum atomic E-state index is -1.07. The van der Waals surface area contributed by atoms with Gasteiger partial charge in [-0.15, -0.1) is 0 Å². The number of carboxylic acid groups (broad SMARTS) is 1. The van der Waals surface area contributed by atoms with Gasteiger partial charge in [0.2, 0.25) is 5.91 Å². The summed E-state index contributed by atoms with van der Waals surface area (Å²) in [4.78, 5) is 23.2. The van der Waals surface area contributed by atoms with Gasteiger partial charge in [0, 0.05) is 22.8 Å². The first-order valence-electron chi connectivity index (χ1n) is 6.64. The van der Waals surface area contributed by atoms with E-state index in [0.717, 1.165) is 19.3 Å². The highest BCUT2D eigenvalue weighted by Gasteiger charge is 2.42. The van der Waals surface area contributed by atoms with Gasteiger partial charge in [-0.3, -0.25) is 4.79 Å². The van der Waals surface area contributed by atoms with Gasteiger partial charge in [0.05, 0.1) is 11.5 Å². The third kappa shape index (κ3) is 2.51. The Morgan fingerprint density at radius 2 is 2.10 bits per heavy atom. The van der Waals surface area contributed by atoms with E-state index in [4.69, 9.17) is 16.7 Å². The number of anilines is 1. The molecule has 3 unspecified atom stereocenters. The fraction of sp³-hybridized carbons (Fsp3) is 0.429. The lowest BCUT2D eigenvalue weighted by molar-refractivity contribution is -0.120. The van der Waals surface area contributed by atoms with Crippen LogP contribution in [0.15, 0.2) is 18.2 Å². The lowest BCUT2D eigenvalue weighted by atomic mass is 9.88. The number of hydrogen-bond donors (Lipinski definition) is 3. The molecule has 1 aromatic carbocycles. The van der Waals surface area contributed by atoms with E-state index in [-0.39, 0.29) is 23.4 Å². The Bertz CT molecular complexity index is 576. The van der Waals surface area contributed by atoms with Gasteiger partial charge >= 0.3 is 5.97 Å². The number of halogens is 1. The summed E-state index contributed by atoms with van der Waals surface area (Å²) in [5, 5.41) is 15.5. The topological polar surface area (TPSA) is 78.4 Å². The summed E-state index contributed by atoms with van der Waals surface area (Å²) < 4.78 is 0. The van der Waals surface area contributed by atoms with E-state index >= 15 is 0 Å². The number of carboxylic acids is 1. The van der Waals surface area contributed by atoms with Gasteiger partial charge in [-0.05, 0) is 37.5 Å². The second-order valence-corrected chi connectivity index (χ2v) is 5.85. The lowest BCUT2D eigenvalue weighted by Gasteiger charge is -2.19. The van der Waals surface area contributed by atoms with Crippen molar-refractivity contribution in [3.8, 4) is 0 Å². The van der Waals surface area contributed by atoms with Crippen LogP contribution in [0, 0.1) is 5.92 Å². The zero-order valence-electron chi connectivity index (χ0n) is 10.7. The second kappa shape index (κ2) is 5.07. The Morgan fingerprint density at radius 1 is 1.30 bits per heavy atom. The maximum absolute atomic E-state index is 12.3. The summed E-state index contributed by atoms with van der Waals surface area (Å²) in [7, 11) is 0. The highest BCUT2D eigenvalue weighted by atomic mass is 35.5. The van der Waals surface area contributed by atoms with Crippen molar-refractivity contribution in [3.63, 3.8) is 0 Å². The Morgan fingerprint density at radius 3 is 2.70 bits per heavy atom. The van der Waals surface area contributed by atoms with E-state index in [2.05, 4.69) is 10.6 Å². The smallest absolute Gasteiger partial charge is 0.335 e. The maximum atomic E-state index is 12.3. The number of nitrogens with one attached hydrogen (secondary N) is 2. The number of carbonyl (C=O) groups is 2. The standard InChI is InChI=1S/C14H15ClN2O3/c15-8-3-7(14(19)20)4-10(5-8)17-13(18)11-6-9-1-2-12(11)16-9/h3-5,9,11-12,16H,1-2,6H2,(H,17,18)(H,19,20). The molecule has 6 heteroatoms. The molecule has 20 heavy (non-hydrogen) atoms. The van der Waals surface area contributed by atoms with Gasteiger partial charge < -0.3 is 15.7 Å². The number of amides is 1. The summed E-state index contributed by atoms with van der Waals surface area (Å²) in [6.07, 6.45) is 3.01. The largest absolute Gasteiger partial charge is 0.478 e. The molecule has 106 valence electrons. The Balaban J connectivity index is 1.74. The van der Waals surface area contributed by atoms with Crippen LogP contribution >= 0.6 is 11.6 Å². The average molecular weight is 295 g/mol. The highest BCUT2D eigenvalue weighted by molar-refractivity contribution is 6.31. The van der Waals surface area contributed by atoms with Gasteiger partial charge in [-0.25, -0.2) is 4.79 Å². The molecule has 0 saturated carbocycles. The molecule has 0 spiro atoms. The number of carbonyl (C=O) groups excluding carboxylic acids is 1. The summed E-state index contributed by atoms with van der Waals surface area (Å²) in [6, 6.07) is 5.04. The minimum Gasteiger partial charge on any atom is -0.478 e. The number of hydrogen-bond acceptors (Lipinski definition) is 3. The van der Waals surface area contributed by atoms with Gasteiger partial charge in [0.15, 0.2) is 0 Å². The van der Waals surface area contributed by atoms with Crippen molar-refractivity contribution in [2.24, 2.45) is 5.92 Å². The van der Waals surface area contributed by atoms with Crippen LogP contribution in [0.5, 0.6) is 0 Å². The number of aromatic carboxylic acids is 1. The Hall–Kier alpha value is -1.59. The van der Waals surface area contributed by atoms with Crippen LogP contribution in [-0.4, -0.2) is 29.1 Å². The first-order valence-corrected chi connectivity index (χ1v) is 7.01. The van der Waals surface area contributed by atoms with E-state index in [1.165, 1.54) is 12.1 Å². The number of fused-ring (bicyclic) bond motifs is 2. The molecule has 0 aliphatic carbocycles. The summed E-state index contributed by atoms with van der Waals surface area (Å²) >= 11 is 5.87. The summed E-state index contributed by atoms with van der Waals surface area (Å²) in [6.45, 7) is 0. The molecule has 1 amide bonds. The van der Waals surface area contributed by atoms with E-state index in [1.54, 1.807) is 6.07 Å². The number of benzene rings is 1. The van der Waals surface area contributed by atoms with Gasteiger partial charge in [0.25, 0.3) is 0 Å². The molecule has 2 heterocycles. The molecule has 3 N–H and O–H groups in total. The average Bonchev–Trinajstić information content (AvgIpc) is 3.00. The molecule has 2 aliphatic heterocycles. The third-order valence-corrected chi connectivity index (χ3v) is 4.27. The fourth-order valence-electron chi connectivity index (χ4n) is 3.13. The normalized spacial score (nSPS) is 27.6. The van der Waals surface area contributed by atoms with E-state index in [1.807, 2.05) is 0 Å². The first kappa shape index (κ1) is 13.4. The molecular weight excluding hydrogens is 280 g/mol. The van der Waals surface area contributed by atoms with Crippen LogP contribution in [0.3, 0.4) is 0 Å². The maximum Gasteiger partial charge on any atom is 0.335 e. The molecule has 2 saturated heterocycles. The zero-order valence-corrected chi connectivity index (χ0v) is 11.5. The van der Waals surface area contributed by atoms with Crippen molar-refractivity contribution in [1.82, 2.24) is 5.32 Å². The summed E-state index contributed by atoms with van der Waals surface area (Å²) in [5.41, 5.74) is 0.501. The molecule has 3 rings (SSSR count). The molecule has 1 aromatic rings. The fourth-order valence-corrected chi connectivity index (χ4v) is 3.37. The Kier molecular flexibility index (Phi) is 3.40. The Labute approximate surface area is 121 Å². The molecule has 0 radical (unpaired) electrons. The lowest BCUT2D eigenvalue weighted by Crippen LogP contribution is -2.32. The highest BCUT2D eigenvalue weighted by Crippen LogP contribution is 2.34. The van der Waals surface area contributed by atoms with Crippen LogP contribution in [0.1, 0.15) is 29.6 Å². The van der Waals surface area contributed by atoms with Crippen LogP contribution in [0.25, 0.3) is 0 Å². The van der Waals surface area contributed by atoms with Crippen molar-refractivity contribution in [2.75, 3.05) is 5.32 Å². The molecule has 2 fully saturated rings. The van der Waals surface area contributed by atoms with Crippen molar-refractivity contribution in [2.45, 2.75) is 31.3 Å². The van der Waals surface area contributed by atoms with Gasteiger partial charge in [-0.1, -0.05) is 11.6 Å². The molecule has 5 nitrogen and oxygen atoms in total. The molecule has 2 aliphatic rings. The molecule has 0 aromatic heterocycles. The molecule has 2 bridgehead atoms. The SMILES string of the molecule is O=C(O)c1cc(Cl)cc(NC(=O)C2CC3CCC2N3)c1. The van der Waals surface area contributed by atoms with Crippen LogP contribution in [0.2, 0.25) is 5.02 Å². The van der Waals surface area contributed by atoms with E-state index in [0.29, 0.717) is 16.8 Å². The van der Waals surface area contributed by atoms with Crippen molar-refractivity contribution < 1.29 is 14.7 Å². The second-order valence-electron chi connectivity index (χ2n) is 5.41. The van der Waals surface area contributed by atoms with Crippen LogP contribution < -0.4 is 10.6 Å². The molecule has 3 atom stereocenters. The van der Waals surface area contributed by atoms with Crippen molar-refractivity contribution in [1.29, 1.82) is 0 Å². The van der Waals surface area contributed by atoms with E-state index < -0.39 is 5.97 Å². The van der Waals surface area contributed by atoms with E-state index in [9.17, 15) is 9.59 Å². The first-order chi connectivity index (χ1) is 9.52. The predicted octanol–water partition coefficient (Wildman–Crippen LogP) is 2.12. The molecular formula is C14H15ClN2O3. The number of rotatable bonds is 3. The minimum absolute atomic E-state index is 0.0407. The van der Waals surface area contributed by atoms with Crippen LogP contribution in [0.4, 0.5) is 5.69 Å². The monoisotopic (exact) mass is 294 g/mol. The predicted molar refractivity (Wildman–Crippen MR) is 75.1 cm³/mol. The van der Waals surface area contributed by atoms with Crippen molar-refractivity contribution >= 4 is 29.2 Å². The quantitative estimate of drug-likeness (QED) is 0.798. The van der Waals surface area contributed by atoms with Crippen molar-refractivity contribution in [3.05, 3.63) is 28.8 Å². The van der Waals surface area contributed by atoms with Gasteiger partial charge in [-0.2, -0.15) is 0 Å². The zero-order chi connectivity index (χ0) is 14.3.